The molecule has 0 amide bonds. The molecule has 0 fully saturated rings. The van der Waals surface area contributed by atoms with E-state index < -0.39 is 17.7 Å². The van der Waals surface area contributed by atoms with Crippen molar-refractivity contribution >= 4 is 0 Å². The molecule has 1 aromatic carbocycles. The van der Waals surface area contributed by atoms with Crippen molar-refractivity contribution in [3.63, 3.8) is 0 Å². The fraction of sp³-hybridized carbons (Fsp3) is 0.350. The van der Waals surface area contributed by atoms with Crippen LogP contribution in [0.15, 0.2) is 48.4 Å². The fourth-order valence-corrected chi connectivity index (χ4v) is 2.95. The van der Waals surface area contributed by atoms with Crippen LogP contribution in [0, 0.1) is 5.82 Å². The van der Waals surface area contributed by atoms with Gasteiger partial charge in [0.1, 0.15) is 11.4 Å². The molecule has 2 N–H and O–H groups in total. The smallest absolute Gasteiger partial charge is 0.433 e. The topological polar surface area (TPSA) is 46.2 Å². The van der Waals surface area contributed by atoms with Crippen molar-refractivity contribution in [1.29, 1.82) is 0 Å². The zero-order valence-electron chi connectivity index (χ0n) is 15.5. The standard InChI is InChI=1S/C20H21F4N3O/c1-3-14-9-15(11-26-14)27-12(2)13-4-5-18(17(21)8-13)28-16-6-7-25-19(10-16)20(22,23)24/h4-8,10-12,14,26-27H,3,9H2,1-2H3. The summed E-state index contributed by atoms with van der Waals surface area (Å²) in [7, 11) is 0. The number of benzene rings is 1. The van der Waals surface area contributed by atoms with Gasteiger partial charge in [-0.15, -0.1) is 0 Å². The molecule has 1 aliphatic rings. The Bertz CT molecular complexity index is 867. The van der Waals surface area contributed by atoms with E-state index in [1.54, 1.807) is 6.07 Å². The Morgan fingerprint density at radius 2 is 2.07 bits per heavy atom. The van der Waals surface area contributed by atoms with Crippen LogP contribution in [-0.2, 0) is 6.18 Å². The zero-order valence-corrected chi connectivity index (χ0v) is 15.5. The molecule has 2 unspecified atom stereocenters. The quantitative estimate of drug-likeness (QED) is 0.652. The minimum absolute atomic E-state index is 0.132. The molecular weight excluding hydrogens is 374 g/mol. The summed E-state index contributed by atoms with van der Waals surface area (Å²) in [5.74, 6) is -0.933. The monoisotopic (exact) mass is 395 g/mol. The number of ether oxygens (including phenoxy) is 1. The number of pyridine rings is 1. The van der Waals surface area contributed by atoms with Gasteiger partial charge in [-0.25, -0.2) is 4.39 Å². The first kappa shape index (κ1) is 20.0. The Kier molecular flexibility index (Phi) is 5.76. The minimum atomic E-state index is -4.59. The molecule has 4 nitrogen and oxygen atoms in total. The molecule has 0 aliphatic carbocycles. The highest BCUT2D eigenvalue weighted by Crippen LogP contribution is 2.32. The third kappa shape index (κ3) is 4.74. The number of nitrogens with one attached hydrogen (secondary N) is 2. The van der Waals surface area contributed by atoms with E-state index in [2.05, 4.69) is 22.5 Å². The van der Waals surface area contributed by atoms with Gasteiger partial charge < -0.3 is 15.4 Å². The normalized spacial score (nSPS) is 17.6. The fourth-order valence-electron chi connectivity index (χ4n) is 2.95. The van der Waals surface area contributed by atoms with Crippen molar-refractivity contribution in [3.8, 4) is 11.5 Å². The van der Waals surface area contributed by atoms with Crippen LogP contribution in [0.5, 0.6) is 11.5 Å². The molecule has 2 heterocycles. The second-order valence-electron chi connectivity index (χ2n) is 6.68. The van der Waals surface area contributed by atoms with Crippen LogP contribution < -0.4 is 15.4 Å². The molecule has 0 saturated heterocycles. The maximum absolute atomic E-state index is 14.4. The van der Waals surface area contributed by atoms with Gasteiger partial charge in [-0.2, -0.15) is 13.2 Å². The second-order valence-corrected chi connectivity index (χ2v) is 6.68. The average molecular weight is 395 g/mol. The van der Waals surface area contributed by atoms with Crippen molar-refractivity contribution < 1.29 is 22.3 Å². The Morgan fingerprint density at radius 3 is 2.71 bits per heavy atom. The van der Waals surface area contributed by atoms with Crippen molar-refractivity contribution in [1.82, 2.24) is 15.6 Å². The Hall–Kier alpha value is -2.77. The molecule has 1 aromatic heterocycles. The van der Waals surface area contributed by atoms with Crippen LogP contribution in [0.2, 0.25) is 0 Å². The van der Waals surface area contributed by atoms with E-state index >= 15 is 0 Å². The van der Waals surface area contributed by atoms with Gasteiger partial charge in [0.2, 0.25) is 0 Å². The highest BCUT2D eigenvalue weighted by molar-refractivity contribution is 5.36. The first-order valence-electron chi connectivity index (χ1n) is 8.98. The predicted octanol–water partition coefficient (Wildman–Crippen LogP) is 5.30. The van der Waals surface area contributed by atoms with Gasteiger partial charge in [0.05, 0.1) is 0 Å². The largest absolute Gasteiger partial charge is 0.454 e. The predicted molar refractivity (Wildman–Crippen MR) is 97.2 cm³/mol. The summed E-state index contributed by atoms with van der Waals surface area (Å²) < 4.78 is 57.9. The van der Waals surface area contributed by atoms with Gasteiger partial charge in [0, 0.05) is 42.7 Å². The maximum atomic E-state index is 14.4. The summed E-state index contributed by atoms with van der Waals surface area (Å²) >= 11 is 0. The average Bonchev–Trinajstić information content (AvgIpc) is 3.10. The Balaban J connectivity index is 1.69. The number of aromatic nitrogens is 1. The number of rotatable bonds is 6. The molecule has 8 heteroatoms. The molecule has 1 aliphatic heterocycles. The van der Waals surface area contributed by atoms with Crippen molar-refractivity contribution in [3.05, 3.63) is 65.5 Å². The molecule has 150 valence electrons. The van der Waals surface area contributed by atoms with E-state index in [0.29, 0.717) is 11.6 Å². The lowest BCUT2D eigenvalue weighted by Crippen LogP contribution is -2.20. The van der Waals surface area contributed by atoms with Gasteiger partial charge in [0.15, 0.2) is 11.6 Å². The molecule has 0 spiro atoms. The van der Waals surface area contributed by atoms with Crippen LogP contribution in [0.1, 0.15) is 44.0 Å². The summed E-state index contributed by atoms with van der Waals surface area (Å²) in [5.41, 5.74) is 0.664. The van der Waals surface area contributed by atoms with Crippen molar-refractivity contribution in [2.24, 2.45) is 0 Å². The van der Waals surface area contributed by atoms with Gasteiger partial charge in [0.25, 0.3) is 0 Å². The van der Waals surface area contributed by atoms with Gasteiger partial charge in [-0.3, -0.25) is 4.98 Å². The van der Waals surface area contributed by atoms with Crippen molar-refractivity contribution in [2.75, 3.05) is 0 Å². The second kappa shape index (κ2) is 8.08. The third-order valence-electron chi connectivity index (χ3n) is 4.56. The molecule has 2 aromatic rings. The van der Waals surface area contributed by atoms with E-state index in [1.165, 1.54) is 18.2 Å². The first-order valence-corrected chi connectivity index (χ1v) is 8.98. The van der Waals surface area contributed by atoms with Gasteiger partial charge in [-0.1, -0.05) is 13.0 Å². The zero-order chi connectivity index (χ0) is 20.3. The number of hydrogen-bond acceptors (Lipinski definition) is 4. The lowest BCUT2D eigenvalue weighted by Gasteiger charge is -2.18. The Morgan fingerprint density at radius 1 is 1.29 bits per heavy atom. The molecule has 28 heavy (non-hydrogen) atoms. The summed E-state index contributed by atoms with van der Waals surface area (Å²) in [4.78, 5) is 3.25. The summed E-state index contributed by atoms with van der Waals surface area (Å²) in [6.45, 7) is 4.01. The highest BCUT2D eigenvalue weighted by Gasteiger charge is 2.32. The molecule has 0 bridgehead atoms. The van der Waals surface area contributed by atoms with E-state index in [9.17, 15) is 17.6 Å². The molecular formula is C20H21F4N3O. The highest BCUT2D eigenvalue weighted by atomic mass is 19.4. The number of halogens is 4. The Labute approximate surface area is 160 Å². The van der Waals surface area contributed by atoms with E-state index in [-0.39, 0.29) is 17.5 Å². The molecule has 0 saturated carbocycles. The number of hydrogen-bond donors (Lipinski definition) is 2. The first-order chi connectivity index (χ1) is 13.3. The van der Waals surface area contributed by atoms with Gasteiger partial charge in [-0.05, 0) is 37.1 Å². The number of nitrogens with zero attached hydrogens (tertiary/aromatic N) is 1. The lowest BCUT2D eigenvalue weighted by atomic mass is 10.1. The van der Waals surface area contributed by atoms with Crippen LogP contribution >= 0.6 is 0 Å². The molecule has 0 radical (unpaired) electrons. The lowest BCUT2D eigenvalue weighted by molar-refractivity contribution is -0.141. The van der Waals surface area contributed by atoms with Crippen LogP contribution in [0.3, 0.4) is 0 Å². The van der Waals surface area contributed by atoms with E-state index in [0.717, 1.165) is 30.8 Å². The van der Waals surface area contributed by atoms with E-state index in [4.69, 9.17) is 4.74 Å². The summed E-state index contributed by atoms with van der Waals surface area (Å²) in [6, 6.07) is 6.67. The molecule has 3 rings (SSSR count). The SMILES string of the molecule is CCC1CC(NC(C)c2ccc(Oc3ccnc(C(F)(F)F)c3)c(F)c2)=CN1. The summed E-state index contributed by atoms with van der Waals surface area (Å²) in [6.07, 6.45) is 0.211. The van der Waals surface area contributed by atoms with E-state index in [1.807, 2.05) is 13.1 Å². The number of alkyl halides is 3. The third-order valence-corrected chi connectivity index (χ3v) is 4.56. The van der Waals surface area contributed by atoms with Crippen LogP contribution in [-0.4, -0.2) is 11.0 Å². The van der Waals surface area contributed by atoms with Crippen molar-refractivity contribution in [2.45, 2.75) is 44.9 Å². The van der Waals surface area contributed by atoms with Gasteiger partial charge >= 0.3 is 6.18 Å². The van der Waals surface area contributed by atoms with Crippen LogP contribution in [0.4, 0.5) is 17.6 Å². The van der Waals surface area contributed by atoms with Crippen LogP contribution in [0.25, 0.3) is 0 Å². The minimum Gasteiger partial charge on any atom is -0.454 e. The summed E-state index contributed by atoms with van der Waals surface area (Å²) in [5, 5.41) is 6.61. The molecule has 2 atom stereocenters. The maximum Gasteiger partial charge on any atom is 0.433 e.